The van der Waals surface area contributed by atoms with Crippen LogP contribution in [0, 0.1) is 0 Å². The molecule has 19 heavy (non-hydrogen) atoms. The van der Waals surface area contributed by atoms with Gasteiger partial charge >= 0.3 is 0 Å². The van der Waals surface area contributed by atoms with Gasteiger partial charge in [-0.1, -0.05) is 25.5 Å². The molecule has 1 aromatic rings. The van der Waals surface area contributed by atoms with Crippen molar-refractivity contribution in [2.75, 3.05) is 18.5 Å². The van der Waals surface area contributed by atoms with E-state index in [1.807, 2.05) is 24.3 Å². The first-order valence-electron chi connectivity index (χ1n) is 7.07. The summed E-state index contributed by atoms with van der Waals surface area (Å²) in [7, 11) is 0. The van der Waals surface area contributed by atoms with E-state index in [1.54, 1.807) is 0 Å². The smallest absolute Gasteiger partial charge is 0.241 e. The lowest BCUT2D eigenvalue weighted by Gasteiger charge is -2.23. The summed E-state index contributed by atoms with van der Waals surface area (Å²) in [6, 6.07) is 7.51. The molecule has 0 saturated carbocycles. The number of para-hydroxylation sites is 2. The third kappa shape index (κ3) is 3.96. The fourth-order valence-electron chi connectivity index (χ4n) is 2.20. The van der Waals surface area contributed by atoms with Gasteiger partial charge in [-0.3, -0.25) is 4.79 Å². The standard InChI is InChI=1S/C15H22N2O2/c1-2-11-19-14-9-4-3-7-12(14)17-15(18)13-8-5-6-10-16-13/h3-4,7,9,13,16H,2,5-6,8,10-11H2,1H3,(H,17,18). The minimum atomic E-state index is -0.0759. The molecule has 1 heterocycles. The molecule has 1 aromatic carbocycles. The molecule has 1 fully saturated rings. The molecule has 1 amide bonds. The van der Waals surface area contributed by atoms with Gasteiger partial charge in [0.15, 0.2) is 0 Å². The van der Waals surface area contributed by atoms with E-state index in [1.165, 1.54) is 0 Å². The van der Waals surface area contributed by atoms with Crippen molar-refractivity contribution in [3.63, 3.8) is 0 Å². The van der Waals surface area contributed by atoms with Crippen LogP contribution in [0.1, 0.15) is 32.6 Å². The Morgan fingerprint density at radius 1 is 1.42 bits per heavy atom. The molecule has 104 valence electrons. The molecule has 4 heteroatoms. The predicted molar refractivity (Wildman–Crippen MR) is 76.5 cm³/mol. The van der Waals surface area contributed by atoms with Crippen LogP contribution in [0.5, 0.6) is 5.75 Å². The summed E-state index contributed by atoms with van der Waals surface area (Å²) in [5.41, 5.74) is 0.758. The summed E-state index contributed by atoms with van der Waals surface area (Å²) in [6.07, 6.45) is 4.12. The van der Waals surface area contributed by atoms with E-state index in [2.05, 4.69) is 17.6 Å². The van der Waals surface area contributed by atoms with Crippen LogP contribution in [-0.4, -0.2) is 25.1 Å². The van der Waals surface area contributed by atoms with Gasteiger partial charge in [0.1, 0.15) is 5.75 Å². The number of hydrogen-bond acceptors (Lipinski definition) is 3. The summed E-state index contributed by atoms with van der Waals surface area (Å²) < 4.78 is 5.64. The van der Waals surface area contributed by atoms with Gasteiger partial charge < -0.3 is 15.4 Å². The topological polar surface area (TPSA) is 50.4 Å². The van der Waals surface area contributed by atoms with Crippen molar-refractivity contribution in [2.24, 2.45) is 0 Å². The molecule has 2 rings (SSSR count). The highest BCUT2D eigenvalue weighted by Crippen LogP contribution is 2.24. The molecule has 1 saturated heterocycles. The number of benzene rings is 1. The summed E-state index contributed by atoms with van der Waals surface area (Å²) in [6.45, 7) is 3.65. The van der Waals surface area contributed by atoms with Crippen LogP contribution in [0.4, 0.5) is 5.69 Å². The second-order valence-electron chi connectivity index (χ2n) is 4.84. The molecule has 0 bridgehead atoms. The van der Waals surface area contributed by atoms with Gasteiger partial charge in [0, 0.05) is 0 Å². The first-order chi connectivity index (χ1) is 9.31. The van der Waals surface area contributed by atoms with Crippen molar-refractivity contribution in [3.05, 3.63) is 24.3 Å². The molecule has 1 aliphatic heterocycles. The number of piperidine rings is 1. The number of hydrogen-bond donors (Lipinski definition) is 2. The predicted octanol–water partition coefficient (Wildman–Crippen LogP) is 2.56. The zero-order valence-corrected chi connectivity index (χ0v) is 11.4. The lowest BCUT2D eigenvalue weighted by atomic mass is 10.0. The first kappa shape index (κ1) is 13.9. The zero-order chi connectivity index (χ0) is 13.5. The molecule has 0 aromatic heterocycles. The Morgan fingerprint density at radius 2 is 2.26 bits per heavy atom. The second-order valence-corrected chi connectivity index (χ2v) is 4.84. The van der Waals surface area contributed by atoms with E-state index in [0.717, 1.165) is 43.7 Å². The Hall–Kier alpha value is -1.55. The summed E-state index contributed by atoms with van der Waals surface area (Å²) >= 11 is 0. The number of carbonyl (C=O) groups is 1. The number of carbonyl (C=O) groups excluding carboxylic acids is 1. The molecule has 2 N–H and O–H groups in total. The Morgan fingerprint density at radius 3 is 3.00 bits per heavy atom. The second kappa shape index (κ2) is 7.14. The van der Waals surface area contributed by atoms with Crippen LogP contribution in [0.2, 0.25) is 0 Å². The zero-order valence-electron chi connectivity index (χ0n) is 11.4. The van der Waals surface area contributed by atoms with Gasteiger partial charge in [-0.15, -0.1) is 0 Å². The average molecular weight is 262 g/mol. The van der Waals surface area contributed by atoms with Gasteiger partial charge in [0.25, 0.3) is 0 Å². The van der Waals surface area contributed by atoms with Crippen LogP contribution >= 0.6 is 0 Å². The molecule has 4 nitrogen and oxygen atoms in total. The van der Waals surface area contributed by atoms with Crippen molar-refractivity contribution in [2.45, 2.75) is 38.6 Å². The highest BCUT2D eigenvalue weighted by molar-refractivity contribution is 5.96. The normalized spacial score (nSPS) is 18.9. The van der Waals surface area contributed by atoms with E-state index in [9.17, 15) is 4.79 Å². The van der Waals surface area contributed by atoms with Crippen molar-refractivity contribution in [1.82, 2.24) is 5.32 Å². The molecule has 1 aliphatic rings. The molecule has 1 atom stereocenters. The Balaban J connectivity index is 1.99. The largest absolute Gasteiger partial charge is 0.491 e. The summed E-state index contributed by atoms with van der Waals surface area (Å²) in [5.74, 6) is 0.778. The van der Waals surface area contributed by atoms with E-state index < -0.39 is 0 Å². The summed E-state index contributed by atoms with van der Waals surface area (Å²) in [5, 5.41) is 6.21. The molecule has 1 unspecified atom stereocenters. The Kier molecular flexibility index (Phi) is 5.21. The highest BCUT2D eigenvalue weighted by atomic mass is 16.5. The fraction of sp³-hybridized carbons (Fsp3) is 0.533. The lowest BCUT2D eigenvalue weighted by Crippen LogP contribution is -2.43. The van der Waals surface area contributed by atoms with E-state index in [4.69, 9.17) is 4.74 Å². The molecule has 0 spiro atoms. The van der Waals surface area contributed by atoms with Crippen molar-refractivity contribution in [1.29, 1.82) is 0 Å². The van der Waals surface area contributed by atoms with Crippen molar-refractivity contribution < 1.29 is 9.53 Å². The Labute approximate surface area is 114 Å². The van der Waals surface area contributed by atoms with E-state index >= 15 is 0 Å². The van der Waals surface area contributed by atoms with E-state index in [0.29, 0.717) is 6.61 Å². The molecular weight excluding hydrogens is 240 g/mol. The van der Waals surface area contributed by atoms with E-state index in [-0.39, 0.29) is 11.9 Å². The maximum Gasteiger partial charge on any atom is 0.241 e. The van der Waals surface area contributed by atoms with Gasteiger partial charge in [0.05, 0.1) is 18.3 Å². The first-order valence-corrected chi connectivity index (χ1v) is 7.07. The number of anilines is 1. The third-order valence-electron chi connectivity index (χ3n) is 3.23. The number of ether oxygens (including phenoxy) is 1. The van der Waals surface area contributed by atoms with Crippen LogP contribution in [0.15, 0.2) is 24.3 Å². The monoisotopic (exact) mass is 262 g/mol. The van der Waals surface area contributed by atoms with Crippen LogP contribution < -0.4 is 15.4 Å². The third-order valence-corrected chi connectivity index (χ3v) is 3.23. The van der Waals surface area contributed by atoms with Crippen molar-refractivity contribution >= 4 is 11.6 Å². The number of amides is 1. The average Bonchev–Trinajstić information content (AvgIpc) is 2.47. The Bertz CT molecular complexity index is 414. The maximum atomic E-state index is 12.2. The molecule has 0 radical (unpaired) electrons. The summed E-state index contributed by atoms with van der Waals surface area (Å²) in [4.78, 5) is 12.2. The quantitative estimate of drug-likeness (QED) is 0.857. The lowest BCUT2D eigenvalue weighted by molar-refractivity contribution is -0.118. The van der Waals surface area contributed by atoms with Gasteiger partial charge in [-0.2, -0.15) is 0 Å². The SMILES string of the molecule is CCCOc1ccccc1NC(=O)C1CCCCN1. The fourth-order valence-corrected chi connectivity index (χ4v) is 2.20. The molecule has 0 aliphatic carbocycles. The minimum Gasteiger partial charge on any atom is -0.491 e. The van der Waals surface area contributed by atoms with Crippen LogP contribution in [0.25, 0.3) is 0 Å². The molecular formula is C15H22N2O2. The minimum absolute atomic E-state index is 0.0345. The maximum absolute atomic E-state index is 12.2. The number of rotatable bonds is 5. The van der Waals surface area contributed by atoms with Crippen LogP contribution in [0.3, 0.4) is 0 Å². The number of nitrogens with one attached hydrogen (secondary N) is 2. The van der Waals surface area contributed by atoms with Crippen LogP contribution in [-0.2, 0) is 4.79 Å². The van der Waals surface area contributed by atoms with Crippen molar-refractivity contribution in [3.8, 4) is 5.75 Å². The van der Waals surface area contributed by atoms with Gasteiger partial charge in [0.2, 0.25) is 5.91 Å². The highest BCUT2D eigenvalue weighted by Gasteiger charge is 2.21. The van der Waals surface area contributed by atoms with Gasteiger partial charge in [-0.05, 0) is 37.9 Å². The van der Waals surface area contributed by atoms with Gasteiger partial charge in [-0.25, -0.2) is 0 Å².